The third kappa shape index (κ3) is 3.31. The van der Waals surface area contributed by atoms with E-state index in [2.05, 4.69) is 5.32 Å². The van der Waals surface area contributed by atoms with Gasteiger partial charge in [-0.25, -0.2) is 18.1 Å². The van der Waals surface area contributed by atoms with Crippen molar-refractivity contribution in [3.05, 3.63) is 29.8 Å². The summed E-state index contributed by atoms with van der Waals surface area (Å²) < 4.78 is 27.1. The number of nitrogens with zero attached hydrogens (tertiary/aromatic N) is 2. The highest BCUT2D eigenvalue weighted by Crippen LogP contribution is 2.42. The van der Waals surface area contributed by atoms with Crippen LogP contribution in [0.25, 0.3) is 0 Å². The van der Waals surface area contributed by atoms with Crippen LogP contribution >= 0.6 is 0 Å². The van der Waals surface area contributed by atoms with Gasteiger partial charge in [-0.2, -0.15) is 4.31 Å². The molecule has 0 unspecified atom stereocenters. The summed E-state index contributed by atoms with van der Waals surface area (Å²) in [5.74, 6) is 0.0858. The van der Waals surface area contributed by atoms with Crippen molar-refractivity contribution >= 4 is 22.0 Å². The molecule has 8 nitrogen and oxygen atoms in total. The van der Waals surface area contributed by atoms with Gasteiger partial charge in [0.2, 0.25) is 10.0 Å². The van der Waals surface area contributed by atoms with E-state index >= 15 is 0 Å². The fourth-order valence-electron chi connectivity index (χ4n) is 4.08. The lowest BCUT2D eigenvalue weighted by molar-refractivity contribution is -0.910. The minimum absolute atomic E-state index is 0.151. The van der Waals surface area contributed by atoms with Crippen LogP contribution in [0.4, 0.5) is 4.79 Å². The Kier molecular flexibility index (Phi) is 4.71. The molecule has 2 aliphatic heterocycles. The van der Waals surface area contributed by atoms with E-state index in [0.717, 1.165) is 23.3 Å². The van der Waals surface area contributed by atoms with Crippen molar-refractivity contribution < 1.29 is 22.9 Å². The first kappa shape index (κ1) is 19.4. The summed E-state index contributed by atoms with van der Waals surface area (Å²) in [6, 6.07) is 6.53. The zero-order valence-corrected chi connectivity index (χ0v) is 17.1. The number of benzene rings is 1. The molecule has 1 aliphatic carbocycles. The summed E-state index contributed by atoms with van der Waals surface area (Å²) in [7, 11) is -3.51. The Morgan fingerprint density at radius 1 is 1.14 bits per heavy atom. The van der Waals surface area contributed by atoms with Crippen molar-refractivity contribution in [1.82, 2.24) is 14.5 Å². The lowest BCUT2D eigenvalue weighted by Gasteiger charge is -2.33. The van der Waals surface area contributed by atoms with E-state index in [4.69, 9.17) is 0 Å². The highest BCUT2D eigenvalue weighted by Gasteiger charge is 2.56. The second-order valence-corrected chi connectivity index (χ2v) is 10.2. The molecule has 3 fully saturated rings. The van der Waals surface area contributed by atoms with Crippen molar-refractivity contribution in [2.45, 2.75) is 37.1 Å². The van der Waals surface area contributed by atoms with Crippen LogP contribution < -0.4 is 10.2 Å². The molecule has 2 N–H and O–H groups in total. The Morgan fingerprint density at radius 2 is 1.75 bits per heavy atom. The molecule has 0 spiro atoms. The normalized spacial score (nSPS) is 27.3. The van der Waals surface area contributed by atoms with E-state index in [9.17, 15) is 18.0 Å². The van der Waals surface area contributed by atoms with Gasteiger partial charge in [-0.15, -0.1) is 0 Å². The number of aryl methyl sites for hydroxylation is 1. The fraction of sp³-hybridized carbons (Fsp3) is 0.579. The predicted molar refractivity (Wildman–Crippen MR) is 102 cm³/mol. The highest BCUT2D eigenvalue weighted by atomic mass is 32.2. The average molecular weight is 408 g/mol. The van der Waals surface area contributed by atoms with Crippen LogP contribution in [0.5, 0.6) is 0 Å². The minimum atomic E-state index is -3.51. The number of rotatable bonds is 5. The molecule has 0 bridgehead atoms. The molecule has 0 aromatic heterocycles. The molecule has 1 saturated carbocycles. The van der Waals surface area contributed by atoms with Crippen LogP contribution in [0.2, 0.25) is 0 Å². The van der Waals surface area contributed by atoms with E-state index in [1.54, 1.807) is 24.3 Å². The van der Waals surface area contributed by atoms with E-state index < -0.39 is 15.6 Å². The first-order valence-corrected chi connectivity index (χ1v) is 11.2. The Labute approximate surface area is 165 Å². The molecule has 2 saturated heterocycles. The summed E-state index contributed by atoms with van der Waals surface area (Å²) in [5.41, 5.74) is 0.243. The average Bonchev–Trinajstić information content (AvgIpc) is 3.49. The van der Waals surface area contributed by atoms with E-state index in [0.29, 0.717) is 31.1 Å². The second-order valence-electron chi connectivity index (χ2n) is 8.27. The Bertz CT molecular complexity index is 889. The molecular formula is C19H27N4O4S+. The molecule has 0 radical (unpaired) electrons. The smallest absolute Gasteiger partial charge is 0.323 e. The molecule has 3 amide bonds. The van der Waals surface area contributed by atoms with Crippen LogP contribution in [0.15, 0.2) is 29.2 Å². The van der Waals surface area contributed by atoms with E-state index in [-0.39, 0.29) is 24.5 Å². The van der Waals surface area contributed by atoms with Crippen molar-refractivity contribution in [3.63, 3.8) is 0 Å². The van der Waals surface area contributed by atoms with Gasteiger partial charge < -0.3 is 10.2 Å². The van der Waals surface area contributed by atoms with Crippen LogP contribution in [0.1, 0.15) is 25.3 Å². The van der Waals surface area contributed by atoms with Crippen LogP contribution in [-0.2, 0) is 14.8 Å². The summed E-state index contributed by atoms with van der Waals surface area (Å²) in [5, 5.41) is 2.86. The number of hydrogen-bond acceptors (Lipinski definition) is 4. The molecule has 1 atom stereocenters. The molecule has 1 aromatic rings. The van der Waals surface area contributed by atoms with E-state index in [1.165, 1.54) is 9.21 Å². The summed E-state index contributed by atoms with van der Waals surface area (Å²) in [6.07, 6.45) is 1.94. The highest BCUT2D eigenvalue weighted by molar-refractivity contribution is 7.89. The first-order valence-electron chi connectivity index (χ1n) is 9.76. The standard InChI is InChI=1S/C19H26N4O4S/c1-14-3-7-16(8-4-14)28(26,27)22-11-9-21(10-12-22)13-23-17(24)19(2,15-5-6-15)20-18(23)25/h3-4,7-8,15H,5-6,9-13H2,1-2H3,(H,20,25)/p+1/t19-/m1/s1. The molecule has 152 valence electrons. The van der Waals surface area contributed by atoms with Gasteiger partial charge in [0.05, 0.1) is 31.1 Å². The summed E-state index contributed by atoms with van der Waals surface area (Å²) in [6.45, 7) is 5.87. The van der Waals surface area contributed by atoms with Gasteiger partial charge in [0, 0.05) is 0 Å². The SMILES string of the molecule is Cc1ccc(S(=O)(=O)N2CC[NH+](CN3C(=O)N[C@](C)(C4CC4)C3=O)CC2)cc1. The number of urea groups is 1. The first-order chi connectivity index (χ1) is 13.2. The Hall–Kier alpha value is -1.97. The molecule has 3 aliphatic rings. The van der Waals surface area contributed by atoms with Crippen LogP contribution in [-0.4, -0.2) is 67.9 Å². The Morgan fingerprint density at radius 3 is 2.32 bits per heavy atom. The number of piperazine rings is 1. The summed E-state index contributed by atoms with van der Waals surface area (Å²) >= 11 is 0. The van der Waals surface area contributed by atoms with Crippen molar-refractivity contribution in [1.29, 1.82) is 0 Å². The molecular weight excluding hydrogens is 380 g/mol. The van der Waals surface area contributed by atoms with Gasteiger partial charge in [0.1, 0.15) is 5.54 Å². The van der Waals surface area contributed by atoms with Gasteiger partial charge in [0.25, 0.3) is 5.91 Å². The van der Waals surface area contributed by atoms with Crippen molar-refractivity contribution in [2.75, 3.05) is 32.8 Å². The predicted octanol–water partition coefficient (Wildman–Crippen LogP) is -0.438. The van der Waals surface area contributed by atoms with Gasteiger partial charge in [-0.3, -0.25) is 4.79 Å². The molecule has 1 aromatic carbocycles. The zero-order valence-electron chi connectivity index (χ0n) is 16.3. The zero-order chi connectivity index (χ0) is 20.1. The maximum absolute atomic E-state index is 12.8. The van der Waals surface area contributed by atoms with Gasteiger partial charge in [-0.05, 0) is 44.7 Å². The molecule has 4 rings (SSSR count). The molecule has 2 heterocycles. The van der Waals surface area contributed by atoms with Gasteiger partial charge in [-0.1, -0.05) is 17.7 Å². The number of carbonyl (C=O) groups excluding carboxylic acids is 2. The van der Waals surface area contributed by atoms with E-state index in [1.807, 2.05) is 13.8 Å². The monoisotopic (exact) mass is 407 g/mol. The number of nitrogens with one attached hydrogen (secondary N) is 2. The van der Waals surface area contributed by atoms with Crippen molar-refractivity contribution in [2.24, 2.45) is 5.92 Å². The largest absolute Gasteiger partial charge is 0.329 e. The lowest BCUT2D eigenvalue weighted by Crippen LogP contribution is -3.16. The third-order valence-electron chi connectivity index (χ3n) is 6.17. The number of imide groups is 1. The number of amides is 3. The molecule has 28 heavy (non-hydrogen) atoms. The lowest BCUT2D eigenvalue weighted by atomic mass is 9.96. The maximum atomic E-state index is 12.8. The van der Waals surface area contributed by atoms with Crippen molar-refractivity contribution in [3.8, 4) is 0 Å². The molecule has 9 heteroatoms. The topological polar surface area (TPSA) is 91.2 Å². The maximum Gasteiger partial charge on any atom is 0.329 e. The minimum Gasteiger partial charge on any atom is -0.323 e. The second kappa shape index (κ2) is 6.82. The fourth-order valence-corrected chi connectivity index (χ4v) is 5.52. The number of sulfonamides is 1. The third-order valence-corrected chi connectivity index (χ3v) is 8.08. The summed E-state index contributed by atoms with van der Waals surface area (Å²) in [4.78, 5) is 27.7. The number of carbonyl (C=O) groups is 2. The number of quaternary nitrogens is 1. The van der Waals surface area contributed by atoms with Crippen LogP contribution in [0.3, 0.4) is 0 Å². The van der Waals surface area contributed by atoms with Crippen LogP contribution in [0, 0.1) is 12.8 Å². The van der Waals surface area contributed by atoms with Gasteiger partial charge >= 0.3 is 6.03 Å². The Balaban J connectivity index is 1.37. The van der Waals surface area contributed by atoms with Gasteiger partial charge in [0.15, 0.2) is 6.67 Å². The quantitative estimate of drug-likeness (QED) is 0.648. The number of hydrogen-bond donors (Lipinski definition) is 2.